The third-order valence-electron chi connectivity index (χ3n) is 1.99. The fraction of sp³-hybridized carbons (Fsp3) is 0.286. The highest BCUT2D eigenvalue weighted by molar-refractivity contribution is 5.90. The first-order valence-electron chi connectivity index (χ1n) is 5.85. The molecule has 5 nitrogen and oxygen atoms in total. The topological polar surface area (TPSA) is 83.8 Å². The van der Waals surface area contributed by atoms with Crippen LogP contribution in [0.1, 0.15) is 19.4 Å². The van der Waals surface area contributed by atoms with Crippen LogP contribution in [-0.4, -0.2) is 28.8 Å². The molecule has 0 fully saturated rings. The number of carboxylic acids is 1. The van der Waals surface area contributed by atoms with Gasteiger partial charge in [0.15, 0.2) is 0 Å². The Labute approximate surface area is 112 Å². The number of hydrogen-bond donors (Lipinski definition) is 2. The van der Waals surface area contributed by atoms with Crippen LogP contribution in [0.4, 0.5) is 0 Å². The minimum Gasteiger partial charge on any atom is -0.508 e. The minimum absolute atomic E-state index is 0.253. The van der Waals surface area contributed by atoms with E-state index in [-0.39, 0.29) is 6.61 Å². The van der Waals surface area contributed by atoms with Gasteiger partial charge in [-0.05, 0) is 31.0 Å². The van der Waals surface area contributed by atoms with Crippen molar-refractivity contribution < 1.29 is 24.5 Å². The summed E-state index contributed by atoms with van der Waals surface area (Å²) >= 11 is 0. The first-order valence-corrected chi connectivity index (χ1v) is 5.85. The van der Waals surface area contributed by atoms with Gasteiger partial charge in [-0.2, -0.15) is 0 Å². The average Bonchev–Trinajstić information content (AvgIpc) is 2.38. The van der Waals surface area contributed by atoms with Crippen LogP contribution in [0, 0.1) is 0 Å². The standard InChI is InChI=1S/C8H10O.C6H8O4/c1-2-7-3-5-8(9)6-4-7;1-2-10-6(9)4-3-5(7)8/h3-6,9H,2H2,1H3;3-4H,2H2,1H3,(H,7,8). The number of carbonyl (C=O) groups excluding carboxylic acids is 1. The lowest BCUT2D eigenvalue weighted by atomic mass is 10.2. The monoisotopic (exact) mass is 266 g/mol. The number of aliphatic carboxylic acids is 1. The number of aromatic hydroxyl groups is 1. The van der Waals surface area contributed by atoms with Gasteiger partial charge in [-0.3, -0.25) is 0 Å². The van der Waals surface area contributed by atoms with Crippen molar-refractivity contribution >= 4 is 11.9 Å². The molecule has 1 rings (SSSR count). The zero-order chi connectivity index (χ0) is 14.7. The Kier molecular flexibility index (Phi) is 8.53. The lowest BCUT2D eigenvalue weighted by molar-refractivity contribution is -0.138. The number of hydrogen-bond acceptors (Lipinski definition) is 4. The molecule has 0 aliphatic carbocycles. The minimum atomic E-state index is -1.16. The summed E-state index contributed by atoms with van der Waals surface area (Å²) in [5.74, 6) is -1.45. The fourth-order valence-electron chi connectivity index (χ4n) is 1.06. The van der Waals surface area contributed by atoms with Crippen molar-refractivity contribution in [3.63, 3.8) is 0 Å². The highest BCUT2D eigenvalue weighted by Gasteiger charge is 1.94. The van der Waals surface area contributed by atoms with Crippen molar-refractivity contribution in [2.75, 3.05) is 6.61 Å². The third kappa shape index (κ3) is 9.41. The molecule has 0 saturated carbocycles. The number of benzene rings is 1. The van der Waals surface area contributed by atoms with E-state index in [4.69, 9.17) is 10.2 Å². The summed E-state index contributed by atoms with van der Waals surface area (Å²) in [5, 5.41) is 16.9. The van der Waals surface area contributed by atoms with Gasteiger partial charge in [-0.15, -0.1) is 0 Å². The summed E-state index contributed by atoms with van der Waals surface area (Å²) in [6.45, 7) is 3.99. The van der Waals surface area contributed by atoms with Crippen LogP contribution in [-0.2, 0) is 20.7 Å². The molecule has 2 N–H and O–H groups in total. The first-order chi connectivity index (χ1) is 8.99. The Hall–Kier alpha value is -2.30. The van der Waals surface area contributed by atoms with Crippen LogP contribution in [0.25, 0.3) is 0 Å². The second-order valence-corrected chi connectivity index (χ2v) is 3.44. The van der Waals surface area contributed by atoms with Gasteiger partial charge in [0.2, 0.25) is 0 Å². The molecule has 0 saturated heterocycles. The van der Waals surface area contributed by atoms with E-state index in [1.807, 2.05) is 12.1 Å². The molecule has 0 atom stereocenters. The molecule has 0 amide bonds. The summed E-state index contributed by atoms with van der Waals surface area (Å²) in [7, 11) is 0. The van der Waals surface area contributed by atoms with Crippen molar-refractivity contribution in [1.29, 1.82) is 0 Å². The number of carboxylic acid groups (broad SMARTS) is 1. The maximum Gasteiger partial charge on any atom is 0.330 e. The maximum atomic E-state index is 10.4. The smallest absolute Gasteiger partial charge is 0.330 e. The van der Waals surface area contributed by atoms with Crippen LogP contribution in [0.3, 0.4) is 0 Å². The highest BCUT2D eigenvalue weighted by Crippen LogP contribution is 2.09. The SMILES string of the molecule is CCOC(=O)C=CC(=O)O.CCc1ccc(O)cc1. The van der Waals surface area contributed by atoms with Gasteiger partial charge >= 0.3 is 11.9 Å². The van der Waals surface area contributed by atoms with Crippen molar-refractivity contribution in [2.45, 2.75) is 20.3 Å². The normalized spacial score (nSPS) is 9.58. The highest BCUT2D eigenvalue weighted by atomic mass is 16.5. The molecule has 0 spiro atoms. The van der Waals surface area contributed by atoms with Gasteiger partial charge in [0.1, 0.15) is 5.75 Å². The van der Waals surface area contributed by atoms with Crippen molar-refractivity contribution in [1.82, 2.24) is 0 Å². The Morgan fingerprint density at radius 1 is 1.16 bits per heavy atom. The molecule has 5 heteroatoms. The maximum absolute atomic E-state index is 10.4. The van der Waals surface area contributed by atoms with Crippen molar-refractivity contribution in [3.8, 4) is 5.75 Å². The number of phenols is 1. The molecule has 0 aliphatic rings. The number of ether oxygens (including phenoxy) is 1. The van der Waals surface area contributed by atoms with E-state index in [1.54, 1.807) is 19.1 Å². The van der Waals surface area contributed by atoms with E-state index in [0.29, 0.717) is 5.75 Å². The molecule has 1 aromatic carbocycles. The van der Waals surface area contributed by atoms with Gasteiger partial charge in [0, 0.05) is 12.2 Å². The van der Waals surface area contributed by atoms with Gasteiger partial charge in [0.25, 0.3) is 0 Å². The first kappa shape index (κ1) is 16.7. The number of carbonyl (C=O) groups is 2. The molecule has 0 unspecified atom stereocenters. The Balaban J connectivity index is 0.000000342. The average molecular weight is 266 g/mol. The molecular weight excluding hydrogens is 248 g/mol. The molecule has 0 aliphatic heterocycles. The summed E-state index contributed by atoms with van der Waals surface area (Å²) in [5.41, 5.74) is 1.26. The predicted molar refractivity (Wildman–Crippen MR) is 70.9 cm³/mol. The van der Waals surface area contributed by atoms with Crippen LogP contribution in [0.5, 0.6) is 5.75 Å². The summed E-state index contributed by atoms with van der Waals surface area (Å²) < 4.78 is 4.40. The molecule has 0 heterocycles. The van der Waals surface area contributed by atoms with Crippen molar-refractivity contribution in [2.24, 2.45) is 0 Å². The number of phenolic OH excluding ortho intramolecular Hbond substituents is 1. The fourth-order valence-corrected chi connectivity index (χ4v) is 1.06. The molecule has 0 bridgehead atoms. The summed E-state index contributed by atoms with van der Waals surface area (Å²) in [6, 6.07) is 7.27. The summed E-state index contributed by atoms with van der Waals surface area (Å²) in [4.78, 5) is 20.2. The largest absolute Gasteiger partial charge is 0.508 e. The molecule has 0 radical (unpaired) electrons. The lowest BCUT2D eigenvalue weighted by Crippen LogP contribution is -2.00. The molecular formula is C14H18O5. The van der Waals surface area contributed by atoms with E-state index in [0.717, 1.165) is 18.6 Å². The molecule has 19 heavy (non-hydrogen) atoms. The van der Waals surface area contributed by atoms with Crippen LogP contribution < -0.4 is 0 Å². The predicted octanol–water partition coefficient (Wildman–Crippen LogP) is 2.14. The molecule has 104 valence electrons. The third-order valence-corrected chi connectivity index (χ3v) is 1.99. The Bertz CT molecular complexity index is 420. The number of aryl methyl sites for hydroxylation is 1. The van der Waals surface area contributed by atoms with Crippen molar-refractivity contribution in [3.05, 3.63) is 42.0 Å². The van der Waals surface area contributed by atoms with E-state index in [1.165, 1.54) is 5.56 Å². The van der Waals surface area contributed by atoms with Crippen LogP contribution in [0.2, 0.25) is 0 Å². The molecule has 0 aromatic heterocycles. The zero-order valence-electron chi connectivity index (χ0n) is 11.0. The second kappa shape index (κ2) is 9.70. The van der Waals surface area contributed by atoms with E-state index >= 15 is 0 Å². The zero-order valence-corrected chi connectivity index (χ0v) is 11.0. The van der Waals surface area contributed by atoms with Crippen LogP contribution >= 0.6 is 0 Å². The Morgan fingerprint density at radius 3 is 2.16 bits per heavy atom. The van der Waals surface area contributed by atoms with Gasteiger partial charge in [-0.25, -0.2) is 9.59 Å². The van der Waals surface area contributed by atoms with Gasteiger partial charge in [0.05, 0.1) is 6.61 Å². The number of rotatable bonds is 4. The van der Waals surface area contributed by atoms with E-state index < -0.39 is 11.9 Å². The Morgan fingerprint density at radius 2 is 1.74 bits per heavy atom. The molecule has 1 aromatic rings. The van der Waals surface area contributed by atoms with Crippen LogP contribution in [0.15, 0.2) is 36.4 Å². The van der Waals surface area contributed by atoms with E-state index in [2.05, 4.69) is 11.7 Å². The quantitative estimate of drug-likeness (QED) is 0.644. The van der Waals surface area contributed by atoms with Gasteiger partial charge in [-0.1, -0.05) is 19.1 Å². The second-order valence-electron chi connectivity index (χ2n) is 3.44. The summed E-state index contributed by atoms with van der Waals surface area (Å²) in [6.07, 6.45) is 2.63. The van der Waals surface area contributed by atoms with Gasteiger partial charge < -0.3 is 14.9 Å². The lowest BCUT2D eigenvalue weighted by Gasteiger charge is -1.93. The van der Waals surface area contributed by atoms with E-state index in [9.17, 15) is 9.59 Å². The number of esters is 1.